The van der Waals surface area contributed by atoms with Gasteiger partial charge in [-0.1, -0.05) is 48.2 Å². The maximum atomic E-state index is 13.3. The lowest BCUT2D eigenvalue weighted by Gasteiger charge is -2.31. The number of para-hydroxylation sites is 2. The number of anilines is 1. The number of thioether (sulfide) groups is 1. The number of benzene rings is 2. The zero-order chi connectivity index (χ0) is 24.0. The number of rotatable bonds is 4. The van der Waals surface area contributed by atoms with Crippen LogP contribution in [0.3, 0.4) is 0 Å². The number of carbonyl (C=O) groups is 2. The predicted molar refractivity (Wildman–Crippen MR) is 131 cm³/mol. The molecule has 0 aliphatic carbocycles. The van der Waals surface area contributed by atoms with Gasteiger partial charge in [-0.3, -0.25) is 23.9 Å². The van der Waals surface area contributed by atoms with Crippen LogP contribution >= 0.6 is 11.8 Å². The summed E-state index contributed by atoms with van der Waals surface area (Å²) >= 11 is 1.34. The van der Waals surface area contributed by atoms with Crippen LogP contribution in [0.4, 0.5) is 5.69 Å². The Labute approximate surface area is 199 Å². The molecule has 4 aromatic rings. The number of fused-ring (bicyclic) bond motifs is 4. The van der Waals surface area contributed by atoms with E-state index in [0.717, 1.165) is 10.9 Å². The van der Waals surface area contributed by atoms with E-state index in [1.165, 1.54) is 25.6 Å². The van der Waals surface area contributed by atoms with Gasteiger partial charge in [-0.2, -0.15) is 0 Å². The van der Waals surface area contributed by atoms with E-state index in [4.69, 9.17) is 5.10 Å². The molecule has 3 heterocycles. The van der Waals surface area contributed by atoms with Crippen LogP contribution < -0.4 is 15.1 Å². The highest BCUT2D eigenvalue weighted by Crippen LogP contribution is 2.39. The second kappa shape index (κ2) is 8.42. The van der Waals surface area contributed by atoms with Crippen LogP contribution in [0.5, 0.6) is 0 Å². The Bertz CT molecular complexity index is 1540. The lowest BCUT2D eigenvalue weighted by Crippen LogP contribution is -2.60. The lowest BCUT2D eigenvalue weighted by atomic mass is 10.0. The van der Waals surface area contributed by atoms with Crippen molar-refractivity contribution >= 4 is 40.2 Å². The van der Waals surface area contributed by atoms with Gasteiger partial charge < -0.3 is 0 Å². The molecule has 0 bridgehead atoms. The van der Waals surface area contributed by atoms with Gasteiger partial charge in [0, 0.05) is 36.3 Å². The molecular weight excluding hydrogens is 450 g/mol. The summed E-state index contributed by atoms with van der Waals surface area (Å²) in [5.41, 5.74) is 2.68. The monoisotopic (exact) mass is 472 g/mol. The van der Waals surface area contributed by atoms with Gasteiger partial charge in [0.2, 0.25) is 17.0 Å². The molecular formula is C25H22N5O3S+. The molecule has 0 radical (unpaired) electrons. The van der Waals surface area contributed by atoms with E-state index in [2.05, 4.69) is 11.6 Å². The van der Waals surface area contributed by atoms with E-state index >= 15 is 0 Å². The SMILES string of the molecule is C=CCSc1n[n+]2c(c(=O)[nH]1)-c1ccccc1N(C(C)=O)[C@H]2c1cn(C(C)=O)c2ccccc12. The summed E-state index contributed by atoms with van der Waals surface area (Å²) in [6.07, 6.45) is 2.69. The number of hydrogen-bond acceptors (Lipinski definition) is 5. The number of hydrogen-bond donors (Lipinski definition) is 1. The standard InChI is InChI=1S/C25H21N5O3S/c1-4-13-34-25-26-23(33)22-18-10-6-8-12-21(18)29(16(3)32)24(30(22)27-25)19-14-28(15(2)31)20-11-7-5-9-17(19)20/h4-12,14,24H,1,13H2,2-3H3/p+1/t24-/m1/s1. The molecule has 1 amide bonds. The van der Waals surface area contributed by atoms with Crippen molar-refractivity contribution in [2.24, 2.45) is 0 Å². The Balaban J connectivity index is 1.88. The third-order valence-corrected chi connectivity index (χ3v) is 6.66. The normalized spacial score (nSPS) is 14.5. The fourth-order valence-electron chi connectivity index (χ4n) is 4.47. The minimum atomic E-state index is -0.765. The third-order valence-electron chi connectivity index (χ3n) is 5.80. The highest BCUT2D eigenvalue weighted by Gasteiger charge is 2.46. The molecule has 1 aliphatic rings. The van der Waals surface area contributed by atoms with Gasteiger partial charge in [-0.15, -0.1) is 6.58 Å². The summed E-state index contributed by atoms with van der Waals surface area (Å²) in [6, 6.07) is 14.8. The number of H-pyrrole nitrogens is 1. The molecule has 9 heteroatoms. The van der Waals surface area contributed by atoms with E-state index < -0.39 is 6.17 Å². The van der Waals surface area contributed by atoms with E-state index in [0.29, 0.717) is 33.4 Å². The number of aromatic amines is 1. The average Bonchev–Trinajstić information content (AvgIpc) is 3.21. The summed E-state index contributed by atoms with van der Waals surface area (Å²) in [5, 5.41) is 5.96. The number of aromatic nitrogens is 4. The van der Waals surface area contributed by atoms with E-state index in [9.17, 15) is 14.4 Å². The number of amides is 1. The Kier molecular flexibility index (Phi) is 5.41. The Hall–Kier alpha value is -3.98. The number of nitrogens with one attached hydrogen (secondary N) is 1. The first-order valence-electron chi connectivity index (χ1n) is 10.7. The fraction of sp³-hybridized carbons (Fsp3) is 0.160. The minimum absolute atomic E-state index is 0.153. The minimum Gasteiger partial charge on any atom is -0.291 e. The zero-order valence-electron chi connectivity index (χ0n) is 18.7. The first kappa shape index (κ1) is 21.8. The molecule has 0 saturated carbocycles. The van der Waals surface area contributed by atoms with E-state index in [1.54, 1.807) is 32.5 Å². The molecule has 0 spiro atoms. The van der Waals surface area contributed by atoms with Crippen molar-refractivity contribution in [3.63, 3.8) is 0 Å². The second-order valence-corrected chi connectivity index (χ2v) is 8.93. The molecule has 0 fully saturated rings. The zero-order valence-corrected chi connectivity index (χ0v) is 19.5. The van der Waals surface area contributed by atoms with Crippen molar-refractivity contribution in [3.8, 4) is 11.3 Å². The highest BCUT2D eigenvalue weighted by molar-refractivity contribution is 7.99. The smallest absolute Gasteiger partial charge is 0.291 e. The molecule has 34 heavy (non-hydrogen) atoms. The summed E-state index contributed by atoms with van der Waals surface area (Å²) in [7, 11) is 0. The molecule has 5 rings (SSSR count). The van der Waals surface area contributed by atoms with Crippen LogP contribution in [0.1, 0.15) is 30.4 Å². The maximum Gasteiger partial charge on any atom is 0.325 e. The molecule has 0 saturated heterocycles. The first-order chi connectivity index (χ1) is 16.4. The molecule has 0 unspecified atom stereocenters. The van der Waals surface area contributed by atoms with Crippen LogP contribution in [0, 0.1) is 0 Å². The van der Waals surface area contributed by atoms with Gasteiger partial charge in [0.15, 0.2) is 0 Å². The summed E-state index contributed by atoms with van der Waals surface area (Å²) < 4.78 is 3.16. The highest BCUT2D eigenvalue weighted by atomic mass is 32.2. The molecule has 2 aromatic heterocycles. The fourth-order valence-corrected chi connectivity index (χ4v) is 5.06. The van der Waals surface area contributed by atoms with E-state index in [1.807, 2.05) is 42.5 Å². The molecule has 2 aromatic carbocycles. The lowest BCUT2D eigenvalue weighted by molar-refractivity contribution is -0.762. The topological polar surface area (TPSA) is 91.9 Å². The van der Waals surface area contributed by atoms with Gasteiger partial charge in [0.25, 0.3) is 6.17 Å². The Morgan fingerprint density at radius 1 is 1.15 bits per heavy atom. The van der Waals surface area contributed by atoms with Crippen molar-refractivity contribution in [2.45, 2.75) is 25.2 Å². The van der Waals surface area contributed by atoms with Gasteiger partial charge in [-0.25, -0.2) is 4.90 Å². The third kappa shape index (κ3) is 3.36. The second-order valence-electron chi connectivity index (χ2n) is 7.92. The summed E-state index contributed by atoms with van der Waals surface area (Å²) in [4.78, 5) is 43.3. The van der Waals surface area contributed by atoms with Gasteiger partial charge >= 0.3 is 11.3 Å². The van der Waals surface area contributed by atoms with Crippen LogP contribution in [-0.4, -0.2) is 32.2 Å². The van der Waals surface area contributed by atoms with Gasteiger partial charge in [0.05, 0.1) is 22.3 Å². The molecule has 1 N–H and O–H groups in total. The van der Waals surface area contributed by atoms with Gasteiger partial charge in [0.1, 0.15) is 0 Å². The summed E-state index contributed by atoms with van der Waals surface area (Å²) in [5.74, 6) is 0.195. The quantitative estimate of drug-likeness (QED) is 0.279. The first-order valence-corrected chi connectivity index (χ1v) is 11.7. The van der Waals surface area contributed by atoms with Crippen LogP contribution in [0.25, 0.3) is 22.2 Å². The van der Waals surface area contributed by atoms with E-state index in [-0.39, 0.29) is 17.4 Å². The molecule has 1 atom stereocenters. The number of carbonyl (C=O) groups excluding carboxylic acids is 2. The molecule has 8 nitrogen and oxygen atoms in total. The van der Waals surface area contributed by atoms with Crippen molar-refractivity contribution < 1.29 is 14.3 Å². The largest absolute Gasteiger partial charge is 0.325 e. The summed E-state index contributed by atoms with van der Waals surface area (Å²) in [6.45, 7) is 6.71. The van der Waals surface area contributed by atoms with Gasteiger partial charge in [-0.05, 0) is 22.9 Å². The Morgan fingerprint density at radius 3 is 2.62 bits per heavy atom. The van der Waals surface area contributed by atoms with Crippen LogP contribution in [0.15, 0.2) is 77.3 Å². The van der Waals surface area contributed by atoms with Crippen molar-refractivity contribution in [1.82, 2.24) is 14.6 Å². The van der Waals surface area contributed by atoms with Crippen molar-refractivity contribution in [3.05, 3.63) is 83.3 Å². The Morgan fingerprint density at radius 2 is 1.88 bits per heavy atom. The van der Waals surface area contributed by atoms with Crippen LogP contribution in [-0.2, 0) is 4.79 Å². The molecule has 170 valence electrons. The maximum absolute atomic E-state index is 13.3. The van der Waals surface area contributed by atoms with Crippen molar-refractivity contribution in [1.29, 1.82) is 0 Å². The van der Waals surface area contributed by atoms with Crippen molar-refractivity contribution in [2.75, 3.05) is 10.7 Å². The number of nitrogens with zero attached hydrogens (tertiary/aromatic N) is 4. The molecule has 1 aliphatic heterocycles. The van der Waals surface area contributed by atoms with Crippen LogP contribution in [0.2, 0.25) is 0 Å². The average molecular weight is 473 g/mol. The predicted octanol–water partition coefficient (Wildman–Crippen LogP) is 3.53.